The van der Waals surface area contributed by atoms with Crippen molar-refractivity contribution in [1.29, 1.82) is 0 Å². The Morgan fingerprint density at radius 1 is 1.32 bits per heavy atom. The maximum atomic E-state index is 6.26. The molecule has 4 rings (SSSR count). The molecule has 0 radical (unpaired) electrons. The number of para-hydroxylation sites is 1. The molecular formula is C18H23N4+. The van der Waals surface area contributed by atoms with Crippen LogP contribution in [-0.2, 0) is 0 Å². The fraction of sp³-hybridized carbons (Fsp3) is 0.389. The summed E-state index contributed by atoms with van der Waals surface area (Å²) in [7, 11) is 0. The molecule has 4 nitrogen and oxygen atoms in total. The molecule has 1 heterocycles. The first-order valence-electron chi connectivity index (χ1n) is 8.00. The van der Waals surface area contributed by atoms with Gasteiger partial charge in [-0.25, -0.2) is 4.99 Å². The van der Waals surface area contributed by atoms with E-state index < -0.39 is 0 Å². The van der Waals surface area contributed by atoms with Crippen LogP contribution in [0.5, 0.6) is 0 Å². The quantitative estimate of drug-likeness (QED) is 0.282. The topological polar surface area (TPSA) is 88.0 Å². The second kappa shape index (κ2) is 4.71. The predicted octanol–water partition coefficient (Wildman–Crippen LogP) is 0.411. The first-order chi connectivity index (χ1) is 10.6. The van der Waals surface area contributed by atoms with E-state index in [4.69, 9.17) is 11.5 Å². The van der Waals surface area contributed by atoms with Crippen molar-refractivity contribution >= 4 is 11.5 Å². The summed E-state index contributed by atoms with van der Waals surface area (Å²) in [5.41, 5.74) is 18.2. The molecule has 0 bridgehead atoms. The van der Waals surface area contributed by atoms with E-state index in [0.29, 0.717) is 11.5 Å². The summed E-state index contributed by atoms with van der Waals surface area (Å²) in [6.45, 7) is 3.30. The van der Waals surface area contributed by atoms with Crippen molar-refractivity contribution in [2.45, 2.75) is 31.7 Å². The molecule has 0 amide bonds. The van der Waals surface area contributed by atoms with Crippen molar-refractivity contribution < 1.29 is 4.99 Å². The highest BCUT2D eigenvalue weighted by atomic mass is 15.2. The highest BCUT2D eigenvalue weighted by Gasteiger charge is 2.51. The number of allylic oxidation sites excluding steroid dienone is 1. The van der Waals surface area contributed by atoms with Crippen molar-refractivity contribution in [2.24, 2.45) is 11.7 Å². The fourth-order valence-corrected chi connectivity index (χ4v) is 3.50. The molecule has 1 atom stereocenters. The molecule has 3 aliphatic rings. The maximum Gasteiger partial charge on any atom is 0.280 e. The lowest BCUT2D eigenvalue weighted by Gasteiger charge is -2.23. The monoisotopic (exact) mass is 295 g/mol. The molecule has 1 saturated heterocycles. The summed E-state index contributed by atoms with van der Waals surface area (Å²) < 4.78 is 0. The van der Waals surface area contributed by atoms with Crippen LogP contribution >= 0.6 is 0 Å². The van der Waals surface area contributed by atoms with Gasteiger partial charge in [-0.2, -0.15) is 0 Å². The summed E-state index contributed by atoms with van der Waals surface area (Å²) in [5, 5.41) is 3.58. The smallest absolute Gasteiger partial charge is 0.280 e. The van der Waals surface area contributed by atoms with Crippen molar-refractivity contribution in [3.05, 3.63) is 52.7 Å². The summed E-state index contributed by atoms with van der Waals surface area (Å²) in [6.07, 6.45) is 6.05. The van der Waals surface area contributed by atoms with Gasteiger partial charge in [0.15, 0.2) is 0 Å². The standard InChI is InChI=1S/C18H22N4/c1-11-9-18(10-21-18)14(12-6-7-12)8-16(11)22-17(20)13-4-2-3-5-15(13)19/h2-5,8,12,21H,6-7,9-10,19H2,1H3,(H2,20,22)/p+1. The van der Waals surface area contributed by atoms with Crippen LogP contribution in [0.15, 0.2) is 47.2 Å². The van der Waals surface area contributed by atoms with E-state index in [0.717, 1.165) is 30.1 Å². The molecule has 1 saturated carbocycles. The molecular weight excluding hydrogens is 272 g/mol. The first kappa shape index (κ1) is 13.6. The maximum absolute atomic E-state index is 6.26. The third kappa shape index (κ3) is 2.24. The Bertz CT molecular complexity index is 718. The minimum absolute atomic E-state index is 0.261. The first-order valence-corrected chi connectivity index (χ1v) is 8.00. The molecule has 6 N–H and O–H groups in total. The minimum atomic E-state index is 0.261. The Morgan fingerprint density at radius 3 is 2.68 bits per heavy atom. The van der Waals surface area contributed by atoms with Crippen molar-refractivity contribution in [2.75, 3.05) is 12.3 Å². The van der Waals surface area contributed by atoms with E-state index in [1.807, 2.05) is 24.3 Å². The molecule has 4 heteroatoms. The van der Waals surface area contributed by atoms with Gasteiger partial charge in [0.2, 0.25) is 0 Å². The Balaban J connectivity index is 1.70. The molecule has 2 aliphatic carbocycles. The van der Waals surface area contributed by atoms with Crippen LogP contribution in [0.2, 0.25) is 0 Å². The highest BCUT2D eigenvalue weighted by Crippen LogP contribution is 2.49. The summed E-state index contributed by atoms with van der Waals surface area (Å²) in [4.78, 5) is 3.39. The zero-order valence-electron chi connectivity index (χ0n) is 12.9. The van der Waals surface area contributed by atoms with Gasteiger partial charge in [0.1, 0.15) is 5.70 Å². The number of hydrogen-bond donors (Lipinski definition) is 4. The van der Waals surface area contributed by atoms with Crippen LogP contribution in [0, 0.1) is 5.92 Å². The van der Waals surface area contributed by atoms with E-state index in [-0.39, 0.29) is 5.54 Å². The van der Waals surface area contributed by atoms with Crippen molar-refractivity contribution in [3.63, 3.8) is 0 Å². The average Bonchev–Trinajstić information content (AvgIpc) is 3.39. The van der Waals surface area contributed by atoms with E-state index >= 15 is 0 Å². The van der Waals surface area contributed by atoms with Crippen LogP contribution in [0.25, 0.3) is 0 Å². The Morgan fingerprint density at radius 2 is 2.05 bits per heavy atom. The van der Waals surface area contributed by atoms with Crippen LogP contribution in [0.1, 0.15) is 31.7 Å². The number of amidine groups is 1. The average molecular weight is 295 g/mol. The lowest BCUT2D eigenvalue weighted by molar-refractivity contribution is -0.393. The number of anilines is 1. The molecule has 0 aromatic heterocycles. The lowest BCUT2D eigenvalue weighted by Crippen LogP contribution is -2.74. The van der Waals surface area contributed by atoms with Crippen molar-refractivity contribution in [3.8, 4) is 0 Å². The highest BCUT2D eigenvalue weighted by molar-refractivity contribution is 5.98. The summed E-state index contributed by atoms with van der Waals surface area (Å²) >= 11 is 0. The van der Waals surface area contributed by atoms with E-state index in [2.05, 4.69) is 23.3 Å². The molecule has 2 fully saturated rings. The van der Waals surface area contributed by atoms with E-state index in [9.17, 15) is 0 Å². The third-order valence-corrected chi connectivity index (χ3v) is 5.02. The number of rotatable bonds is 3. The molecule has 1 unspecified atom stereocenters. The Kier molecular flexibility index (Phi) is 2.91. The van der Waals surface area contributed by atoms with Crippen LogP contribution in [0.3, 0.4) is 0 Å². The molecule has 1 aromatic rings. The van der Waals surface area contributed by atoms with Crippen LogP contribution < -0.4 is 21.8 Å². The largest absolute Gasteiger partial charge is 0.398 e. The number of hydrogen-bond acceptors (Lipinski definition) is 2. The zero-order valence-corrected chi connectivity index (χ0v) is 12.9. The van der Waals surface area contributed by atoms with Gasteiger partial charge in [0.25, 0.3) is 5.84 Å². The second-order valence-corrected chi connectivity index (χ2v) is 6.81. The molecule has 114 valence electrons. The van der Waals surface area contributed by atoms with Gasteiger partial charge in [0.05, 0.1) is 11.1 Å². The van der Waals surface area contributed by atoms with E-state index in [1.54, 1.807) is 5.57 Å². The second-order valence-electron chi connectivity index (χ2n) is 6.81. The third-order valence-electron chi connectivity index (χ3n) is 5.02. The molecule has 22 heavy (non-hydrogen) atoms. The SMILES string of the molecule is CC1=C([NH+]=C(N)c2ccccc2N)C=C(C2CC2)C2(CN2)C1. The zero-order chi connectivity index (χ0) is 15.3. The van der Waals surface area contributed by atoms with Crippen LogP contribution in [0.4, 0.5) is 5.69 Å². The van der Waals surface area contributed by atoms with Gasteiger partial charge < -0.3 is 11.1 Å². The molecule has 1 aromatic carbocycles. The fourth-order valence-electron chi connectivity index (χ4n) is 3.50. The minimum Gasteiger partial charge on any atom is -0.398 e. The van der Waals surface area contributed by atoms with Gasteiger partial charge in [-0.15, -0.1) is 0 Å². The van der Waals surface area contributed by atoms with Gasteiger partial charge in [-0.05, 0) is 61.5 Å². The number of nitrogen functional groups attached to an aromatic ring is 2. The Labute approximate surface area is 131 Å². The van der Waals surface area contributed by atoms with Gasteiger partial charge in [-0.1, -0.05) is 12.1 Å². The number of nitrogens with one attached hydrogen (secondary N) is 2. The van der Waals surface area contributed by atoms with Crippen LogP contribution in [-0.4, -0.2) is 17.9 Å². The summed E-state index contributed by atoms with van der Waals surface area (Å²) in [5.74, 6) is 1.39. The summed E-state index contributed by atoms with van der Waals surface area (Å²) in [6, 6.07) is 7.70. The lowest BCUT2D eigenvalue weighted by atomic mass is 9.83. The number of benzene rings is 1. The Hall–Kier alpha value is -2.07. The predicted molar refractivity (Wildman–Crippen MR) is 89.0 cm³/mol. The van der Waals surface area contributed by atoms with Gasteiger partial charge >= 0.3 is 0 Å². The van der Waals surface area contributed by atoms with Crippen molar-refractivity contribution in [1.82, 2.24) is 5.32 Å². The normalized spacial score (nSPS) is 28.0. The van der Waals surface area contributed by atoms with E-state index in [1.165, 1.54) is 18.4 Å². The van der Waals surface area contributed by atoms with Gasteiger partial charge in [-0.3, -0.25) is 5.73 Å². The van der Waals surface area contributed by atoms with Gasteiger partial charge in [0, 0.05) is 12.2 Å². The number of nitrogens with two attached hydrogens (primary N) is 2. The molecule has 1 aliphatic heterocycles. The molecule has 1 spiro atoms.